The van der Waals surface area contributed by atoms with Gasteiger partial charge in [0.1, 0.15) is 11.5 Å². The number of hydrogen-bond donors (Lipinski definition) is 1. The molecule has 55 heavy (non-hydrogen) atoms. The number of likely N-dealkylation sites (tertiary alicyclic amines) is 4. The van der Waals surface area contributed by atoms with Gasteiger partial charge in [0.2, 0.25) is 23.6 Å². The minimum Gasteiger partial charge on any atom is -0.508 e. The zero-order valence-electron chi connectivity index (χ0n) is 31.5. The van der Waals surface area contributed by atoms with Crippen LogP contribution in [0.25, 0.3) is 0 Å². The fourth-order valence-corrected chi connectivity index (χ4v) is 11.0. The average Bonchev–Trinajstić information content (AvgIpc) is 3.62. The van der Waals surface area contributed by atoms with Crippen LogP contribution in [0.5, 0.6) is 11.5 Å². The number of imide groups is 2. The smallest absolute Gasteiger partial charge is 0.234 e. The van der Waals surface area contributed by atoms with Gasteiger partial charge in [-0.2, -0.15) is 0 Å². The number of piperidine rings is 2. The van der Waals surface area contributed by atoms with Gasteiger partial charge in [0.25, 0.3) is 0 Å². The maximum absolute atomic E-state index is 14.7. The molecule has 4 aliphatic heterocycles. The van der Waals surface area contributed by atoms with E-state index in [1.807, 2.05) is 36.4 Å². The molecule has 286 valence electrons. The molecule has 6 unspecified atom stereocenters. The summed E-state index contributed by atoms with van der Waals surface area (Å²) in [5.41, 5.74) is 3.91. The second-order valence-corrected chi connectivity index (χ2v) is 16.5. The summed E-state index contributed by atoms with van der Waals surface area (Å²) in [5, 5.41) is 11.4. The molecule has 0 radical (unpaired) electrons. The molecule has 1 N–H and O–H groups in total. The van der Waals surface area contributed by atoms with Crippen LogP contribution in [0.1, 0.15) is 61.1 Å². The topological polar surface area (TPSA) is 111 Å². The van der Waals surface area contributed by atoms with Crippen molar-refractivity contribution in [3.05, 3.63) is 107 Å². The maximum Gasteiger partial charge on any atom is 0.234 e. The minimum absolute atomic E-state index is 0.0267. The summed E-state index contributed by atoms with van der Waals surface area (Å²) in [6.45, 7) is 4.83. The van der Waals surface area contributed by atoms with Crippen molar-refractivity contribution >= 4 is 23.6 Å². The summed E-state index contributed by atoms with van der Waals surface area (Å²) in [7, 11) is 1.56. The number of carbonyl (C=O) groups is 4. The van der Waals surface area contributed by atoms with E-state index in [0.29, 0.717) is 37.0 Å². The molecular weight excluding hydrogens is 693 g/mol. The highest BCUT2D eigenvalue weighted by molar-refractivity contribution is 6.08. The Morgan fingerprint density at radius 2 is 1.16 bits per heavy atom. The lowest BCUT2D eigenvalue weighted by atomic mass is 9.57. The van der Waals surface area contributed by atoms with E-state index < -0.39 is 29.6 Å². The molecule has 3 aromatic carbocycles. The molecule has 10 heteroatoms. The molecule has 0 bridgehead atoms. The Morgan fingerprint density at radius 3 is 1.71 bits per heavy atom. The number of phenols is 1. The van der Waals surface area contributed by atoms with Crippen molar-refractivity contribution in [2.45, 2.75) is 69.6 Å². The van der Waals surface area contributed by atoms with Crippen molar-refractivity contribution in [3.8, 4) is 11.5 Å². The van der Waals surface area contributed by atoms with Crippen LogP contribution in [0.15, 0.2) is 90.5 Å². The lowest BCUT2D eigenvalue weighted by molar-refractivity contribution is -0.146. The van der Waals surface area contributed by atoms with Crippen LogP contribution >= 0.6 is 0 Å². The normalized spacial score (nSPS) is 29.3. The Hall–Kier alpha value is -4.80. The molecule has 10 nitrogen and oxygen atoms in total. The third-order valence-electron chi connectivity index (χ3n) is 13.6. The third-order valence-corrected chi connectivity index (χ3v) is 13.6. The molecule has 6 aliphatic rings. The van der Waals surface area contributed by atoms with Gasteiger partial charge in [-0.25, -0.2) is 0 Å². The van der Waals surface area contributed by atoms with E-state index in [0.717, 1.165) is 57.7 Å². The molecule has 4 amide bonds. The fraction of sp³-hybridized carbons (Fsp3) is 0.467. The van der Waals surface area contributed by atoms with Crippen molar-refractivity contribution in [2.24, 2.45) is 29.6 Å². The molecule has 2 aliphatic carbocycles. The highest BCUT2D eigenvalue weighted by Gasteiger charge is 2.63. The number of methoxy groups -OCH3 is 1. The molecule has 4 saturated heterocycles. The lowest BCUT2D eigenvalue weighted by Gasteiger charge is -2.44. The number of aromatic hydroxyl groups is 1. The highest BCUT2D eigenvalue weighted by Crippen LogP contribution is 2.59. The summed E-state index contributed by atoms with van der Waals surface area (Å²) in [6.07, 6.45) is 5.65. The average molecular weight is 743 g/mol. The van der Waals surface area contributed by atoms with Gasteiger partial charge in [-0.15, -0.1) is 0 Å². The van der Waals surface area contributed by atoms with E-state index in [1.165, 1.54) is 11.1 Å². The molecule has 6 atom stereocenters. The van der Waals surface area contributed by atoms with Crippen LogP contribution in [-0.4, -0.2) is 93.7 Å². The number of carbonyl (C=O) groups excluding carboxylic acids is 4. The first kappa shape index (κ1) is 35.9. The predicted octanol–water partition coefficient (Wildman–Crippen LogP) is 5.37. The second-order valence-electron chi connectivity index (χ2n) is 16.5. The van der Waals surface area contributed by atoms with Gasteiger partial charge >= 0.3 is 0 Å². The number of hydrogen-bond acceptors (Lipinski definition) is 8. The molecule has 3 aromatic rings. The van der Waals surface area contributed by atoms with Crippen LogP contribution in [0, 0.1) is 29.6 Å². The Kier molecular flexibility index (Phi) is 9.58. The van der Waals surface area contributed by atoms with Gasteiger partial charge in [0, 0.05) is 62.8 Å². The SMILES string of the molecule is COc1ccc(O)c(C2C3=CCC4C(=O)N(C5CCN(Cc6ccccc6)CC5)C(=O)C4C3CC3C(=O)N(C4CCN(Cc5ccccc5)CC4)C(=O)C32)c1. The van der Waals surface area contributed by atoms with E-state index in [9.17, 15) is 24.3 Å². The van der Waals surface area contributed by atoms with Gasteiger partial charge in [-0.1, -0.05) is 72.3 Å². The van der Waals surface area contributed by atoms with Crippen LogP contribution in [0.3, 0.4) is 0 Å². The number of phenolic OH excluding ortho intramolecular Hbond substituents is 1. The largest absolute Gasteiger partial charge is 0.508 e. The van der Waals surface area contributed by atoms with E-state index in [4.69, 9.17) is 4.74 Å². The van der Waals surface area contributed by atoms with E-state index >= 15 is 0 Å². The number of fused-ring (bicyclic) bond motifs is 4. The zero-order chi connectivity index (χ0) is 37.8. The van der Waals surface area contributed by atoms with E-state index in [1.54, 1.807) is 35.1 Å². The van der Waals surface area contributed by atoms with Gasteiger partial charge in [-0.05, 0) is 73.8 Å². The summed E-state index contributed by atoms with van der Waals surface area (Å²) >= 11 is 0. The summed E-state index contributed by atoms with van der Waals surface area (Å²) < 4.78 is 5.58. The fourth-order valence-electron chi connectivity index (χ4n) is 11.0. The number of rotatable bonds is 8. The number of amides is 4. The zero-order valence-corrected chi connectivity index (χ0v) is 31.5. The predicted molar refractivity (Wildman–Crippen MR) is 205 cm³/mol. The third kappa shape index (κ3) is 6.37. The lowest BCUT2D eigenvalue weighted by Crippen LogP contribution is -2.48. The number of benzene rings is 3. The van der Waals surface area contributed by atoms with Crippen molar-refractivity contribution < 1.29 is 29.0 Å². The first-order valence-corrected chi connectivity index (χ1v) is 20.1. The monoisotopic (exact) mass is 742 g/mol. The first-order chi connectivity index (χ1) is 26.8. The molecule has 9 rings (SSSR count). The van der Waals surface area contributed by atoms with E-state index in [2.05, 4.69) is 40.1 Å². The summed E-state index contributed by atoms with van der Waals surface area (Å²) in [5.74, 6) is -3.48. The molecule has 0 spiro atoms. The molecule has 5 fully saturated rings. The number of ether oxygens (including phenoxy) is 1. The molecule has 0 aromatic heterocycles. The summed E-state index contributed by atoms with van der Waals surface area (Å²) in [4.78, 5) is 66.0. The number of nitrogens with zero attached hydrogens (tertiary/aromatic N) is 4. The first-order valence-electron chi connectivity index (χ1n) is 20.1. The van der Waals surface area contributed by atoms with Crippen molar-refractivity contribution in [1.82, 2.24) is 19.6 Å². The van der Waals surface area contributed by atoms with Crippen LogP contribution in [0.2, 0.25) is 0 Å². The van der Waals surface area contributed by atoms with Gasteiger partial charge in [-0.3, -0.25) is 38.8 Å². The van der Waals surface area contributed by atoms with Gasteiger partial charge < -0.3 is 9.84 Å². The minimum atomic E-state index is -0.704. The summed E-state index contributed by atoms with van der Waals surface area (Å²) in [6, 6.07) is 25.4. The van der Waals surface area contributed by atoms with Crippen LogP contribution < -0.4 is 4.74 Å². The Morgan fingerprint density at radius 1 is 0.636 bits per heavy atom. The van der Waals surface area contributed by atoms with Gasteiger partial charge in [0.15, 0.2) is 0 Å². The van der Waals surface area contributed by atoms with Crippen LogP contribution in [0.4, 0.5) is 0 Å². The Balaban J connectivity index is 0.978. The Bertz CT molecular complexity index is 1990. The number of allylic oxidation sites excluding steroid dienone is 2. The van der Waals surface area contributed by atoms with Crippen LogP contribution in [-0.2, 0) is 32.3 Å². The molecule has 1 saturated carbocycles. The quantitative estimate of drug-likeness (QED) is 0.243. The second kappa shape index (κ2) is 14.7. The molecule has 4 heterocycles. The van der Waals surface area contributed by atoms with E-state index in [-0.39, 0.29) is 47.4 Å². The highest BCUT2D eigenvalue weighted by atomic mass is 16.5. The standard InChI is InChI=1S/C45H50N4O6/c1-55-32-12-15-38(50)36(24-32)39-33-13-14-34-40(44(53)48(42(34)51)30-16-20-46(21-17-30)26-28-8-4-2-5-9-28)35(33)25-37-41(39)45(54)49(43(37)52)31-18-22-47(23-19-31)27-29-10-6-3-7-11-29/h2-13,15,24,30-31,34-35,37,39-41,50H,14,16-23,25-27H2,1H3. The van der Waals surface area contributed by atoms with Gasteiger partial charge in [0.05, 0.1) is 30.8 Å². The van der Waals surface area contributed by atoms with Crippen molar-refractivity contribution in [2.75, 3.05) is 33.3 Å². The van der Waals surface area contributed by atoms with Crippen molar-refractivity contribution in [1.29, 1.82) is 0 Å². The van der Waals surface area contributed by atoms with Crippen molar-refractivity contribution in [3.63, 3.8) is 0 Å². The molecular formula is C45H50N4O6. The Labute approximate surface area is 322 Å². The maximum atomic E-state index is 14.7.